The first-order valence-corrected chi connectivity index (χ1v) is 14.8. The number of benzene rings is 2. The summed E-state index contributed by atoms with van der Waals surface area (Å²) in [4.78, 5) is 31.8. The number of esters is 1. The van der Waals surface area contributed by atoms with Gasteiger partial charge in [-0.05, 0) is 88.9 Å². The molecular formula is C35H39N3O5. The van der Waals surface area contributed by atoms with Gasteiger partial charge >= 0.3 is 12.1 Å². The second kappa shape index (κ2) is 12.7. The van der Waals surface area contributed by atoms with Crippen molar-refractivity contribution in [2.45, 2.75) is 59.5 Å². The van der Waals surface area contributed by atoms with E-state index < -0.39 is 5.60 Å². The van der Waals surface area contributed by atoms with E-state index in [0.29, 0.717) is 32.0 Å². The van der Waals surface area contributed by atoms with Gasteiger partial charge in [-0.25, -0.2) is 14.6 Å². The van der Waals surface area contributed by atoms with Gasteiger partial charge in [0, 0.05) is 41.9 Å². The zero-order chi connectivity index (χ0) is 30.6. The maximum atomic E-state index is 12.8. The predicted molar refractivity (Wildman–Crippen MR) is 168 cm³/mol. The van der Waals surface area contributed by atoms with Crippen molar-refractivity contribution in [1.82, 2.24) is 9.55 Å². The molecule has 5 rings (SSSR count). The number of anilines is 1. The first-order valence-electron chi connectivity index (χ1n) is 14.8. The molecule has 0 N–H and O–H groups in total. The van der Waals surface area contributed by atoms with Gasteiger partial charge in [0.15, 0.2) is 0 Å². The SMILES string of the molecule is CCOC(=O)/C=C(\c1ccccc1C)n1ccc2cc(OCCc3ccc4c(n3)N(C(=O)OC(C)(C)C)CCC4)ccc21. The summed E-state index contributed by atoms with van der Waals surface area (Å²) in [5.41, 5.74) is 5.05. The number of aromatic nitrogens is 2. The Kier molecular flexibility index (Phi) is 8.85. The fraction of sp³-hybridized carbons (Fsp3) is 0.343. The van der Waals surface area contributed by atoms with Crippen LogP contribution in [-0.4, -0.2) is 47.0 Å². The van der Waals surface area contributed by atoms with Crippen LogP contribution in [0.1, 0.15) is 56.5 Å². The topological polar surface area (TPSA) is 82.9 Å². The molecule has 2 aromatic carbocycles. The second-order valence-corrected chi connectivity index (χ2v) is 11.6. The summed E-state index contributed by atoms with van der Waals surface area (Å²) >= 11 is 0. The highest BCUT2D eigenvalue weighted by Gasteiger charge is 2.28. The molecule has 0 radical (unpaired) electrons. The molecule has 0 saturated heterocycles. The van der Waals surface area contributed by atoms with E-state index in [1.807, 2.05) is 93.1 Å². The summed E-state index contributed by atoms with van der Waals surface area (Å²) in [7, 11) is 0. The van der Waals surface area contributed by atoms with Crippen LogP contribution in [0.15, 0.2) is 72.9 Å². The number of hydrogen-bond acceptors (Lipinski definition) is 6. The maximum absolute atomic E-state index is 12.8. The van der Waals surface area contributed by atoms with Crippen LogP contribution >= 0.6 is 0 Å². The van der Waals surface area contributed by atoms with Gasteiger partial charge in [0.05, 0.1) is 24.4 Å². The number of carbonyl (C=O) groups is 2. The molecule has 0 atom stereocenters. The van der Waals surface area contributed by atoms with E-state index in [1.54, 1.807) is 17.9 Å². The highest BCUT2D eigenvalue weighted by molar-refractivity contribution is 5.95. The van der Waals surface area contributed by atoms with Crippen molar-refractivity contribution < 1.29 is 23.8 Å². The molecule has 3 heterocycles. The van der Waals surface area contributed by atoms with Crippen molar-refractivity contribution in [3.63, 3.8) is 0 Å². The molecule has 8 nitrogen and oxygen atoms in total. The van der Waals surface area contributed by atoms with Crippen LogP contribution in [0.3, 0.4) is 0 Å². The van der Waals surface area contributed by atoms with Gasteiger partial charge in [-0.15, -0.1) is 0 Å². The lowest BCUT2D eigenvalue weighted by Gasteiger charge is -2.31. The van der Waals surface area contributed by atoms with Crippen LogP contribution in [0.4, 0.5) is 10.6 Å². The number of rotatable bonds is 8. The average molecular weight is 582 g/mol. The predicted octanol–water partition coefficient (Wildman–Crippen LogP) is 7.11. The van der Waals surface area contributed by atoms with Crippen LogP contribution in [0.25, 0.3) is 16.6 Å². The Morgan fingerprint density at radius 3 is 2.63 bits per heavy atom. The Morgan fingerprint density at radius 2 is 1.86 bits per heavy atom. The Hall–Kier alpha value is -4.59. The number of hydrogen-bond donors (Lipinski definition) is 0. The van der Waals surface area contributed by atoms with E-state index in [1.165, 1.54) is 0 Å². The number of amides is 1. The molecule has 0 fully saturated rings. The zero-order valence-corrected chi connectivity index (χ0v) is 25.6. The monoisotopic (exact) mass is 581 g/mol. The molecule has 0 saturated carbocycles. The second-order valence-electron chi connectivity index (χ2n) is 11.6. The van der Waals surface area contributed by atoms with E-state index >= 15 is 0 Å². The van der Waals surface area contributed by atoms with Crippen molar-refractivity contribution in [2.24, 2.45) is 0 Å². The lowest BCUT2D eigenvalue weighted by atomic mass is 10.0. The van der Waals surface area contributed by atoms with Gasteiger partial charge in [0.2, 0.25) is 0 Å². The summed E-state index contributed by atoms with van der Waals surface area (Å²) in [5.74, 6) is 1.04. The average Bonchev–Trinajstić information content (AvgIpc) is 3.38. The summed E-state index contributed by atoms with van der Waals surface area (Å²) < 4.78 is 19.0. The molecule has 0 unspecified atom stereocenters. The Labute approximate surface area is 252 Å². The maximum Gasteiger partial charge on any atom is 0.416 e. The highest BCUT2D eigenvalue weighted by Crippen LogP contribution is 2.30. The van der Waals surface area contributed by atoms with Gasteiger partial charge in [0.25, 0.3) is 0 Å². The van der Waals surface area contributed by atoms with E-state index in [9.17, 15) is 9.59 Å². The van der Waals surface area contributed by atoms with Gasteiger partial charge < -0.3 is 18.8 Å². The molecule has 1 amide bonds. The first kappa shape index (κ1) is 29.9. The van der Waals surface area contributed by atoms with Crippen LogP contribution < -0.4 is 9.64 Å². The molecule has 0 aliphatic carbocycles. The van der Waals surface area contributed by atoms with Crippen LogP contribution in [0.2, 0.25) is 0 Å². The molecule has 1 aliphatic heterocycles. The van der Waals surface area contributed by atoms with Crippen LogP contribution in [0.5, 0.6) is 5.75 Å². The third-order valence-electron chi connectivity index (χ3n) is 7.22. The molecule has 0 bridgehead atoms. The molecule has 0 spiro atoms. The third-order valence-corrected chi connectivity index (χ3v) is 7.22. The molecule has 2 aromatic heterocycles. The number of aryl methyl sites for hydroxylation is 2. The minimum atomic E-state index is -0.568. The smallest absolute Gasteiger partial charge is 0.416 e. The number of carbonyl (C=O) groups excluding carboxylic acids is 2. The summed E-state index contributed by atoms with van der Waals surface area (Å²) in [6.45, 7) is 10.8. The minimum absolute atomic E-state index is 0.312. The normalized spacial score (nSPS) is 13.5. The fourth-order valence-electron chi connectivity index (χ4n) is 5.24. The Bertz CT molecular complexity index is 1660. The molecule has 1 aliphatic rings. The van der Waals surface area contributed by atoms with Crippen molar-refractivity contribution in [3.8, 4) is 5.75 Å². The van der Waals surface area contributed by atoms with Crippen LogP contribution in [0, 0.1) is 6.92 Å². The zero-order valence-electron chi connectivity index (χ0n) is 25.6. The Morgan fingerprint density at radius 1 is 1.05 bits per heavy atom. The number of fused-ring (bicyclic) bond motifs is 2. The van der Waals surface area contributed by atoms with E-state index in [2.05, 4.69) is 6.07 Å². The fourth-order valence-corrected chi connectivity index (χ4v) is 5.24. The first-order chi connectivity index (χ1) is 20.6. The lowest BCUT2D eigenvalue weighted by Crippen LogP contribution is -2.40. The quantitative estimate of drug-likeness (QED) is 0.163. The molecular weight excluding hydrogens is 542 g/mol. The van der Waals surface area contributed by atoms with Crippen molar-refractivity contribution in [2.75, 3.05) is 24.7 Å². The van der Waals surface area contributed by atoms with E-state index in [-0.39, 0.29) is 12.1 Å². The van der Waals surface area contributed by atoms with Gasteiger partial charge in [0.1, 0.15) is 17.2 Å². The molecule has 4 aromatic rings. The van der Waals surface area contributed by atoms with Gasteiger partial charge in [-0.3, -0.25) is 4.90 Å². The lowest BCUT2D eigenvalue weighted by molar-refractivity contribution is -0.137. The Balaban J connectivity index is 1.31. The summed E-state index contributed by atoms with van der Waals surface area (Å²) in [6.07, 6.45) is 5.50. The van der Waals surface area contributed by atoms with Crippen molar-refractivity contribution in [3.05, 3.63) is 95.3 Å². The standard InChI is InChI=1S/C35H39N3O5/c1-6-41-32(39)23-31(29-12-8-7-10-24(29)2)37-20-17-26-22-28(15-16-30(26)37)42-21-18-27-14-13-25-11-9-19-38(33(25)36-27)34(40)43-35(3,4)5/h7-8,10,12-17,20,22-23H,6,9,11,18-19,21H2,1-5H3/b31-23+. The highest BCUT2D eigenvalue weighted by atomic mass is 16.6. The number of nitrogens with zero attached hydrogens (tertiary/aromatic N) is 3. The van der Waals surface area contributed by atoms with Crippen molar-refractivity contribution in [1.29, 1.82) is 0 Å². The third kappa shape index (κ3) is 7.08. The van der Waals surface area contributed by atoms with Crippen molar-refractivity contribution >= 4 is 34.5 Å². The minimum Gasteiger partial charge on any atom is -0.493 e. The molecule has 43 heavy (non-hydrogen) atoms. The van der Waals surface area contributed by atoms with Gasteiger partial charge in [-0.1, -0.05) is 30.3 Å². The van der Waals surface area contributed by atoms with E-state index in [4.69, 9.17) is 19.2 Å². The number of ether oxygens (including phenoxy) is 3. The van der Waals surface area contributed by atoms with E-state index in [0.717, 1.165) is 57.6 Å². The van der Waals surface area contributed by atoms with Gasteiger partial charge in [-0.2, -0.15) is 0 Å². The summed E-state index contributed by atoms with van der Waals surface area (Å²) in [5, 5.41) is 0.987. The largest absolute Gasteiger partial charge is 0.493 e. The van der Waals surface area contributed by atoms with Crippen LogP contribution in [-0.2, 0) is 27.1 Å². The molecule has 224 valence electrons. The number of pyridine rings is 1. The summed E-state index contributed by atoms with van der Waals surface area (Å²) in [6, 6.07) is 20.0. The molecule has 8 heteroatoms.